The molecular formula is C23H36N4O4. The van der Waals surface area contributed by atoms with Gasteiger partial charge in [0.1, 0.15) is 0 Å². The Bertz CT molecular complexity index is 734. The molecule has 0 aromatic heterocycles. The van der Waals surface area contributed by atoms with Gasteiger partial charge in [0.15, 0.2) is 11.5 Å². The summed E-state index contributed by atoms with van der Waals surface area (Å²) in [6, 6.07) is 5.75. The third kappa shape index (κ3) is 7.11. The molecule has 0 saturated carbocycles. The Morgan fingerprint density at radius 3 is 2.71 bits per heavy atom. The zero-order valence-corrected chi connectivity index (χ0v) is 18.9. The van der Waals surface area contributed by atoms with Gasteiger partial charge in [-0.15, -0.1) is 0 Å². The lowest BCUT2D eigenvalue weighted by Crippen LogP contribution is -2.50. The Morgan fingerprint density at radius 2 is 1.94 bits per heavy atom. The van der Waals surface area contributed by atoms with Crippen molar-refractivity contribution in [3.05, 3.63) is 23.8 Å². The lowest BCUT2D eigenvalue weighted by atomic mass is 10.1. The first-order valence-electron chi connectivity index (χ1n) is 11.4. The number of ether oxygens (including phenoxy) is 2. The van der Waals surface area contributed by atoms with Crippen molar-refractivity contribution in [2.24, 2.45) is 0 Å². The topological polar surface area (TPSA) is 74.3 Å². The summed E-state index contributed by atoms with van der Waals surface area (Å²) in [6.45, 7) is 7.97. The molecule has 172 valence electrons. The predicted octanol–water partition coefficient (Wildman–Crippen LogP) is 1.34. The van der Waals surface area contributed by atoms with Crippen LogP contribution in [-0.4, -0.2) is 92.6 Å². The molecule has 3 rings (SSSR count). The fourth-order valence-corrected chi connectivity index (χ4v) is 3.89. The van der Waals surface area contributed by atoms with E-state index >= 15 is 0 Å². The van der Waals surface area contributed by atoms with E-state index in [2.05, 4.69) is 22.2 Å². The highest BCUT2D eigenvalue weighted by Crippen LogP contribution is 2.32. The number of piperazine rings is 1. The summed E-state index contributed by atoms with van der Waals surface area (Å²) in [7, 11) is 2.09. The van der Waals surface area contributed by atoms with Crippen molar-refractivity contribution in [3.63, 3.8) is 0 Å². The van der Waals surface area contributed by atoms with E-state index in [1.807, 2.05) is 25.1 Å². The van der Waals surface area contributed by atoms with Gasteiger partial charge < -0.3 is 24.6 Å². The van der Waals surface area contributed by atoms with Crippen molar-refractivity contribution in [3.8, 4) is 11.5 Å². The summed E-state index contributed by atoms with van der Waals surface area (Å²) in [5.41, 5.74) is 0.865. The number of fused-ring (bicyclic) bond motifs is 1. The maximum atomic E-state index is 13.2. The Labute approximate surface area is 185 Å². The monoisotopic (exact) mass is 432 g/mol. The molecule has 8 nitrogen and oxygen atoms in total. The van der Waals surface area contributed by atoms with Gasteiger partial charge in [-0.3, -0.25) is 14.5 Å². The molecule has 2 aliphatic rings. The lowest BCUT2D eigenvalue weighted by Gasteiger charge is -2.33. The van der Waals surface area contributed by atoms with Crippen LogP contribution in [0.5, 0.6) is 11.5 Å². The van der Waals surface area contributed by atoms with Gasteiger partial charge in [0.2, 0.25) is 11.8 Å². The van der Waals surface area contributed by atoms with Crippen LogP contribution in [0.25, 0.3) is 0 Å². The normalized spacial score (nSPS) is 19.8. The first-order chi connectivity index (χ1) is 15.1. The van der Waals surface area contributed by atoms with Crippen molar-refractivity contribution in [2.75, 3.05) is 66.1 Å². The zero-order valence-electron chi connectivity index (χ0n) is 18.9. The maximum Gasteiger partial charge on any atom is 0.239 e. The Morgan fingerprint density at radius 1 is 1.13 bits per heavy atom. The number of benzene rings is 1. The summed E-state index contributed by atoms with van der Waals surface area (Å²) in [5, 5.41) is 2.95. The van der Waals surface area contributed by atoms with Gasteiger partial charge in [-0.1, -0.05) is 12.1 Å². The average Bonchev–Trinajstić information content (AvgIpc) is 2.77. The summed E-state index contributed by atoms with van der Waals surface area (Å²) in [5.74, 6) is 1.21. The van der Waals surface area contributed by atoms with Crippen LogP contribution in [-0.2, 0) is 16.1 Å². The molecule has 0 unspecified atom stereocenters. The van der Waals surface area contributed by atoms with E-state index in [1.165, 1.54) is 0 Å². The predicted molar refractivity (Wildman–Crippen MR) is 119 cm³/mol. The van der Waals surface area contributed by atoms with E-state index in [-0.39, 0.29) is 18.4 Å². The summed E-state index contributed by atoms with van der Waals surface area (Å²) < 4.78 is 11.9. The van der Waals surface area contributed by atoms with Crippen LogP contribution in [0.1, 0.15) is 31.7 Å². The van der Waals surface area contributed by atoms with Gasteiger partial charge >= 0.3 is 0 Å². The number of hydrogen-bond donors (Lipinski definition) is 1. The number of nitrogens with one attached hydrogen (secondary N) is 1. The number of para-hydroxylation sites is 1. The first-order valence-corrected chi connectivity index (χ1v) is 11.4. The average molecular weight is 433 g/mol. The smallest absolute Gasteiger partial charge is 0.239 e. The Hall–Kier alpha value is -2.32. The molecular weight excluding hydrogens is 396 g/mol. The third-order valence-corrected chi connectivity index (χ3v) is 5.75. The highest BCUT2D eigenvalue weighted by atomic mass is 16.5. The van der Waals surface area contributed by atoms with Crippen LogP contribution in [0.2, 0.25) is 0 Å². The molecule has 1 saturated heterocycles. The largest absolute Gasteiger partial charge is 0.490 e. The number of amides is 2. The van der Waals surface area contributed by atoms with Crippen LogP contribution < -0.4 is 14.8 Å². The quantitative estimate of drug-likeness (QED) is 0.774. The second-order valence-corrected chi connectivity index (χ2v) is 8.27. The molecule has 1 aromatic carbocycles. The number of carbonyl (C=O) groups excluding carboxylic acids is 2. The van der Waals surface area contributed by atoms with E-state index in [9.17, 15) is 9.59 Å². The number of nitrogens with zero attached hydrogens (tertiary/aromatic N) is 3. The third-order valence-electron chi connectivity index (χ3n) is 5.75. The molecule has 0 spiro atoms. The molecule has 2 heterocycles. The molecule has 1 N–H and O–H groups in total. The van der Waals surface area contributed by atoms with E-state index in [4.69, 9.17) is 9.47 Å². The standard InChI is InChI=1S/C23H36N4O4/c1-3-30-20-9-7-8-19-16-27(22(29)18-26-13-11-25(2)12-14-26)17-21(28)24-10-5-4-6-15-31-23(19)20/h7-9H,3-6,10-18H2,1-2H3,(H,24,28). The second-order valence-electron chi connectivity index (χ2n) is 8.27. The molecule has 1 aromatic rings. The molecule has 2 aliphatic heterocycles. The van der Waals surface area contributed by atoms with Gasteiger partial charge in [0.25, 0.3) is 0 Å². The van der Waals surface area contributed by atoms with Crippen LogP contribution in [0.15, 0.2) is 18.2 Å². The highest BCUT2D eigenvalue weighted by molar-refractivity contribution is 5.85. The number of hydrogen-bond acceptors (Lipinski definition) is 6. The summed E-state index contributed by atoms with van der Waals surface area (Å²) >= 11 is 0. The van der Waals surface area contributed by atoms with Crippen LogP contribution in [0.4, 0.5) is 0 Å². The SMILES string of the molecule is CCOc1cccc2c1OCCCCCNC(=O)CN(C(=O)CN1CCN(C)CC1)C2. The van der Waals surface area contributed by atoms with E-state index in [0.717, 1.165) is 51.0 Å². The van der Waals surface area contributed by atoms with Gasteiger partial charge in [-0.25, -0.2) is 0 Å². The molecule has 0 atom stereocenters. The molecule has 31 heavy (non-hydrogen) atoms. The van der Waals surface area contributed by atoms with Crippen molar-refractivity contribution in [1.82, 2.24) is 20.0 Å². The van der Waals surface area contributed by atoms with Gasteiger partial charge in [0.05, 0.1) is 32.8 Å². The van der Waals surface area contributed by atoms with E-state index in [0.29, 0.717) is 44.3 Å². The second kappa shape index (κ2) is 11.9. The minimum absolute atomic E-state index is 0.0395. The number of rotatable bonds is 4. The molecule has 0 aliphatic carbocycles. The van der Waals surface area contributed by atoms with Crippen LogP contribution >= 0.6 is 0 Å². The molecule has 2 amide bonds. The highest BCUT2D eigenvalue weighted by Gasteiger charge is 2.24. The first kappa shape index (κ1) is 23.3. The Kier molecular flexibility index (Phi) is 8.97. The fourth-order valence-electron chi connectivity index (χ4n) is 3.89. The van der Waals surface area contributed by atoms with Crippen LogP contribution in [0, 0.1) is 0 Å². The fraction of sp³-hybridized carbons (Fsp3) is 0.652. The number of likely N-dealkylation sites (N-methyl/N-ethyl adjacent to an activating group) is 1. The molecule has 8 heteroatoms. The van der Waals surface area contributed by atoms with Crippen LogP contribution in [0.3, 0.4) is 0 Å². The molecule has 0 bridgehead atoms. The van der Waals surface area contributed by atoms with Gasteiger partial charge in [-0.05, 0) is 39.3 Å². The van der Waals surface area contributed by atoms with Crippen molar-refractivity contribution in [2.45, 2.75) is 32.7 Å². The van der Waals surface area contributed by atoms with E-state index in [1.54, 1.807) is 4.90 Å². The van der Waals surface area contributed by atoms with E-state index < -0.39 is 0 Å². The van der Waals surface area contributed by atoms with Gasteiger partial charge in [-0.2, -0.15) is 0 Å². The van der Waals surface area contributed by atoms with Crippen molar-refractivity contribution in [1.29, 1.82) is 0 Å². The minimum Gasteiger partial charge on any atom is -0.490 e. The maximum absolute atomic E-state index is 13.2. The summed E-state index contributed by atoms with van der Waals surface area (Å²) in [4.78, 5) is 31.8. The minimum atomic E-state index is -0.116. The molecule has 1 fully saturated rings. The lowest BCUT2D eigenvalue weighted by molar-refractivity contribution is -0.137. The zero-order chi connectivity index (χ0) is 22.1. The summed E-state index contributed by atoms with van der Waals surface area (Å²) in [6.07, 6.45) is 2.77. The Balaban J connectivity index is 1.80. The van der Waals surface area contributed by atoms with Crippen molar-refractivity contribution < 1.29 is 19.1 Å². The van der Waals surface area contributed by atoms with Crippen molar-refractivity contribution >= 4 is 11.8 Å². The number of carbonyl (C=O) groups is 2. The van der Waals surface area contributed by atoms with Gasteiger partial charge in [0, 0.05) is 38.3 Å². The molecule has 0 radical (unpaired) electrons.